The predicted octanol–water partition coefficient (Wildman–Crippen LogP) is 3.47. The topological polar surface area (TPSA) is 41.6 Å². The van der Waals surface area contributed by atoms with Gasteiger partial charge in [-0.1, -0.05) is 18.2 Å². The van der Waals surface area contributed by atoms with Crippen LogP contribution in [0.25, 0.3) is 0 Å². The first-order valence-electron chi connectivity index (χ1n) is 7.28. The number of amides is 1. The van der Waals surface area contributed by atoms with Crippen molar-refractivity contribution in [2.75, 3.05) is 24.3 Å². The van der Waals surface area contributed by atoms with Gasteiger partial charge in [-0.05, 0) is 49.7 Å². The van der Waals surface area contributed by atoms with Crippen molar-refractivity contribution in [3.63, 3.8) is 0 Å². The lowest BCUT2D eigenvalue weighted by Crippen LogP contribution is -2.30. The normalized spacial score (nSPS) is 11.6. The fraction of sp³-hybridized carbons (Fsp3) is 0.278. The van der Waals surface area contributed by atoms with Crippen molar-refractivity contribution in [1.29, 1.82) is 0 Å². The molecule has 22 heavy (non-hydrogen) atoms. The van der Waals surface area contributed by atoms with Gasteiger partial charge in [-0.3, -0.25) is 4.79 Å². The highest BCUT2D eigenvalue weighted by Gasteiger charge is 2.15. The Morgan fingerprint density at radius 3 is 2.41 bits per heavy atom. The number of carbonyl (C=O) groups is 1. The van der Waals surface area contributed by atoms with E-state index >= 15 is 0 Å². The van der Waals surface area contributed by atoms with E-state index in [2.05, 4.69) is 5.32 Å². The van der Waals surface area contributed by atoms with Crippen LogP contribution in [0.4, 0.5) is 11.4 Å². The summed E-state index contributed by atoms with van der Waals surface area (Å²) in [6.07, 6.45) is -0.560. The summed E-state index contributed by atoms with van der Waals surface area (Å²) in [7, 11) is 3.98. The molecule has 4 nitrogen and oxygen atoms in total. The Balaban J connectivity index is 2.02. The van der Waals surface area contributed by atoms with Gasteiger partial charge < -0.3 is 15.0 Å². The largest absolute Gasteiger partial charge is 0.481 e. The van der Waals surface area contributed by atoms with E-state index in [0.717, 1.165) is 16.9 Å². The molecular formula is C18H22N2O2. The van der Waals surface area contributed by atoms with Crippen molar-refractivity contribution < 1.29 is 9.53 Å². The molecule has 0 aliphatic heterocycles. The minimum Gasteiger partial charge on any atom is -0.481 e. The van der Waals surface area contributed by atoms with Crippen molar-refractivity contribution in [3.05, 3.63) is 54.1 Å². The predicted molar refractivity (Wildman–Crippen MR) is 90.7 cm³/mol. The highest BCUT2D eigenvalue weighted by Crippen LogP contribution is 2.21. The molecule has 0 heterocycles. The van der Waals surface area contributed by atoms with Crippen LogP contribution in [0.1, 0.15) is 12.5 Å². The molecule has 2 rings (SSSR count). The Hall–Kier alpha value is -2.49. The quantitative estimate of drug-likeness (QED) is 0.919. The highest BCUT2D eigenvalue weighted by molar-refractivity contribution is 5.95. The average Bonchev–Trinajstić information content (AvgIpc) is 2.50. The van der Waals surface area contributed by atoms with Gasteiger partial charge in [0.2, 0.25) is 0 Å². The summed E-state index contributed by atoms with van der Waals surface area (Å²) >= 11 is 0. The Morgan fingerprint density at radius 2 is 1.82 bits per heavy atom. The van der Waals surface area contributed by atoms with Crippen LogP contribution in [-0.4, -0.2) is 26.1 Å². The van der Waals surface area contributed by atoms with Gasteiger partial charge in [-0.25, -0.2) is 0 Å². The van der Waals surface area contributed by atoms with Crippen LogP contribution < -0.4 is 15.0 Å². The Morgan fingerprint density at radius 1 is 1.14 bits per heavy atom. The van der Waals surface area contributed by atoms with Crippen LogP contribution in [-0.2, 0) is 4.79 Å². The lowest BCUT2D eigenvalue weighted by atomic mass is 10.1. The molecule has 0 spiro atoms. The van der Waals surface area contributed by atoms with Crippen molar-refractivity contribution in [1.82, 2.24) is 0 Å². The maximum Gasteiger partial charge on any atom is 0.265 e. The van der Waals surface area contributed by atoms with E-state index in [1.54, 1.807) is 6.92 Å². The van der Waals surface area contributed by atoms with Crippen LogP contribution in [0.2, 0.25) is 0 Å². The molecule has 1 atom stereocenters. The Bertz CT molecular complexity index is 639. The summed E-state index contributed by atoms with van der Waals surface area (Å²) in [6, 6.07) is 15.3. The number of benzene rings is 2. The minimum absolute atomic E-state index is 0.162. The van der Waals surface area contributed by atoms with Crippen LogP contribution in [0.5, 0.6) is 5.75 Å². The van der Waals surface area contributed by atoms with Crippen molar-refractivity contribution >= 4 is 17.3 Å². The fourth-order valence-electron chi connectivity index (χ4n) is 2.06. The van der Waals surface area contributed by atoms with E-state index in [-0.39, 0.29) is 5.91 Å². The summed E-state index contributed by atoms with van der Waals surface area (Å²) in [5.74, 6) is 0.523. The average molecular weight is 298 g/mol. The molecule has 4 heteroatoms. The molecule has 0 fully saturated rings. The van der Waals surface area contributed by atoms with Crippen molar-refractivity contribution in [2.45, 2.75) is 20.0 Å². The number of ether oxygens (including phenoxy) is 1. The third-order valence-electron chi connectivity index (χ3n) is 3.41. The number of nitrogens with one attached hydrogen (secondary N) is 1. The molecule has 116 valence electrons. The van der Waals surface area contributed by atoms with E-state index < -0.39 is 6.10 Å². The number of aryl methyl sites for hydroxylation is 1. The second-order valence-corrected chi connectivity index (χ2v) is 5.46. The SMILES string of the molecule is Cc1cc(N(C)C)ccc1NC(=O)C(C)Oc1ccccc1. The number of anilines is 2. The summed E-state index contributed by atoms with van der Waals surface area (Å²) in [6.45, 7) is 3.72. The molecule has 1 amide bonds. The van der Waals surface area contributed by atoms with E-state index in [1.165, 1.54) is 0 Å². The van der Waals surface area contributed by atoms with Gasteiger partial charge in [-0.2, -0.15) is 0 Å². The number of para-hydroxylation sites is 1. The summed E-state index contributed by atoms with van der Waals surface area (Å²) in [5.41, 5.74) is 2.93. The molecule has 0 radical (unpaired) electrons. The van der Waals surface area contributed by atoms with Crippen molar-refractivity contribution in [3.8, 4) is 5.75 Å². The molecule has 2 aromatic carbocycles. The highest BCUT2D eigenvalue weighted by atomic mass is 16.5. The van der Waals surface area contributed by atoms with Gasteiger partial charge in [0.05, 0.1) is 0 Å². The zero-order valence-electron chi connectivity index (χ0n) is 13.5. The summed E-state index contributed by atoms with van der Waals surface area (Å²) in [5, 5.41) is 2.91. The smallest absolute Gasteiger partial charge is 0.265 e. The van der Waals surface area contributed by atoms with Gasteiger partial charge in [0.25, 0.3) is 5.91 Å². The van der Waals surface area contributed by atoms with Gasteiger partial charge in [0.15, 0.2) is 6.10 Å². The van der Waals surface area contributed by atoms with Gasteiger partial charge >= 0.3 is 0 Å². The Labute approximate surface area is 131 Å². The third-order valence-corrected chi connectivity index (χ3v) is 3.41. The molecule has 1 unspecified atom stereocenters. The van der Waals surface area contributed by atoms with E-state index in [4.69, 9.17) is 4.74 Å². The van der Waals surface area contributed by atoms with Crippen molar-refractivity contribution in [2.24, 2.45) is 0 Å². The second kappa shape index (κ2) is 6.98. The summed E-state index contributed by atoms with van der Waals surface area (Å²) in [4.78, 5) is 14.3. The minimum atomic E-state index is -0.560. The second-order valence-electron chi connectivity index (χ2n) is 5.46. The maximum absolute atomic E-state index is 12.2. The number of nitrogens with zero attached hydrogens (tertiary/aromatic N) is 1. The zero-order valence-corrected chi connectivity index (χ0v) is 13.5. The van der Waals surface area contributed by atoms with Crippen LogP contribution >= 0.6 is 0 Å². The van der Waals surface area contributed by atoms with Crippen LogP contribution in [0.3, 0.4) is 0 Å². The molecule has 1 N–H and O–H groups in total. The molecule has 0 aliphatic carbocycles. The monoisotopic (exact) mass is 298 g/mol. The molecule has 0 bridgehead atoms. The molecule has 0 saturated heterocycles. The third kappa shape index (κ3) is 4.01. The molecule has 0 aromatic heterocycles. The van der Waals surface area contributed by atoms with Gasteiger partial charge in [0, 0.05) is 25.5 Å². The van der Waals surface area contributed by atoms with Gasteiger partial charge in [0.1, 0.15) is 5.75 Å². The molecule has 0 saturated carbocycles. The molecular weight excluding hydrogens is 276 g/mol. The number of rotatable bonds is 5. The fourth-order valence-corrected chi connectivity index (χ4v) is 2.06. The first-order chi connectivity index (χ1) is 10.5. The van der Waals surface area contributed by atoms with Crippen LogP contribution in [0, 0.1) is 6.92 Å². The Kier molecular flexibility index (Phi) is 5.04. The number of hydrogen-bond acceptors (Lipinski definition) is 3. The standard InChI is InChI=1S/C18H22N2O2/c1-13-12-15(20(3)4)10-11-17(13)19-18(21)14(2)22-16-8-6-5-7-9-16/h5-12,14H,1-4H3,(H,19,21). The number of hydrogen-bond donors (Lipinski definition) is 1. The van der Waals surface area contributed by atoms with Gasteiger partial charge in [-0.15, -0.1) is 0 Å². The van der Waals surface area contributed by atoms with E-state index in [9.17, 15) is 4.79 Å². The molecule has 2 aromatic rings. The lowest BCUT2D eigenvalue weighted by molar-refractivity contribution is -0.122. The summed E-state index contributed by atoms with van der Waals surface area (Å²) < 4.78 is 5.63. The zero-order chi connectivity index (χ0) is 16.1. The number of carbonyl (C=O) groups excluding carboxylic acids is 1. The van der Waals surface area contributed by atoms with E-state index in [1.807, 2.05) is 74.4 Å². The first-order valence-corrected chi connectivity index (χ1v) is 7.28. The maximum atomic E-state index is 12.2. The van der Waals surface area contributed by atoms with Crippen LogP contribution in [0.15, 0.2) is 48.5 Å². The lowest BCUT2D eigenvalue weighted by Gasteiger charge is -2.18. The van der Waals surface area contributed by atoms with E-state index in [0.29, 0.717) is 5.75 Å². The first kappa shape index (κ1) is 15.9. The molecule has 0 aliphatic rings.